The Morgan fingerprint density at radius 2 is 1.13 bits per heavy atom. The van der Waals surface area contributed by atoms with Gasteiger partial charge in [0.05, 0.1) is 5.54 Å². The van der Waals surface area contributed by atoms with Gasteiger partial charge in [-0.15, -0.1) is 0 Å². The normalized spacial score (nSPS) is 31.1. The lowest BCUT2D eigenvalue weighted by Gasteiger charge is -2.60. The average molecular weight is 954 g/mol. The minimum Gasteiger partial charge on any atom is -0.465 e. The molecule has 5 unspecified atom stereocenters. The van der Waals surface area contributed by atoms with Crippen molar-refractivity contribution in [3.63, 3.8) is 0 Å². The molecule has 11 rings (SSSR count). The van der Waals surface area contributed by atoms with Crippen molar-refractivity contribution in [2.24, 2.45) is 17.4 Å². The molecule has 0 saturated carbocycles. The van der Waals surface area contributed by atoms with Crippen LogP contribution < -0.4 is 31.9 Å². The lowest BCUT2D eigenvalue weighted by molar-refractivity contribution is -0.145. The first-order chi connectivity index (χ1) is 33.2. The van der Waals surface area contributed by atoms with E-state index in [2.05, 4.69) is 68.4 Å². The maximum absolute atomic E-state index is 15.2. The van der Waals surface area contributed by atoms with Gasteiger partial charge in [-0.2, -0.15) is 0 Å². The standard InChI is InChI=1S/C53H63N9O8/c1-31-27-40(39-9-7-25-60(39)52(45(65)57-47(67)68)36-18-14-34(15-19-36)49(52,2)28-42(54)63)62(38-22-11-32(12-23-38)33-13-24-44(56-30-33)59(5)6)51(31,4)41-10-8-26-61(41)53(46(66)58-48(69)70)37-20-16-35(17-21-37)50(53,3)29-43(55)64/h11-24,30-31,39-41H,7-10,25-29H2,1-6H3,(H2,54,63)(H2,55,64)(H,57,65)(H,58,66)(H,67,68)(H,69,70)/t31?,39?,40-,41?,49?,50?,51-,52+,53+/m0/s1. The zero-order valence-electron chi connectivity index (χ0n) is 40.6. The summed E-state index contributed by atoms with van der Waals surface area (Å²) >= 11 is 0. The molecule has 4 aliphatic carbocycles. The Kier molecular flexibility index (Phi) is 11.9. The molecule has 3 saturated heterocycles. The molecule has 17 nitrogen and oxygen atoms in total. The molecule has 3 fully saturated rings. The second-order valence-corrected chi connectivity index (χ2v) is 20.9. The van der Waals surface area contributed by atoms with Crippen LogP contribution in [0.2, 0.25) is 0 Å². The van der Waals surface area contributed by atoms with Crippen molar-refractivity contribution in [3.05, 3.63) is 113 Å². The molecule has 17 heteroatoms. The second-order valence-electron chi connectivity index (χ2n) is 20.9. The van der Waals surface area contributed by atoms with Gasteiger partial charge in [0.1, 0.15) is 16.9 Å². The summed E-state index contributed by atoms with van der Waals surface area (Å²) in [5.74, 6) is -2.10. The Bertz CT molecular complexity index is 2750. The number of pyridine rings is 1. The smallest absolute Gasteiger partial charge is 0.411 e. The third-order valence-corrected chi connectivity index (χ3v) is 17.3. The number of rotatable bonds is 13. The quantitative estimate of drug-likeness (QED) is 0.0986. The number of likely N-dealkylation sites (tertiary alicyclic amines) is 2. The maximum Gasteiger partial charge on any atom is 0.411 e. The lowest BCUT2D eigenvalue weighted by atomic mass is 9.56. The number of primary amides is 2. The molecule has 0 spiro atoms. The first-order valence-corrected chi connectivity index (χ1v) is 24.1. The monoisotopic (exact) mass is 953 g/mol. The van der Waals surface area contributed by atoms with E-state index in [0.717, 1.165) is 22.6 Å². The third-order valence-electron chi connectivity index (χ3n) is 17.3. The summed E-state index contributed by atoms with van der Waals surface area (Å²) < 4.78 is 0. The van der Waals surface area contributed by atoms with Crippen molar-refractivity contribution in [1.82, 2.24) is 25.4 Å². The number of anilines is 2. The van der Waals surface area contributed by atoms with Gasteiger partial charge < -0.3 is 31.5 Å². The summed E-state index contributed by atoms with van der Waals surface area (Å²) in [6, 6.07) is 26.0. The Balaban J connectivity index is 1.23. The highest BCUT2D eigenvalue weighted by Crippen LogP contribution is 2.61. The fraction of sp³-hybridized carbons (Fsp3) is 0.453. The fourth-order valence-electron chi connectivity index (χ4n) is 14.3. The van der Waals surface area contributed by atoms with Crippen molar-refractivity contribution < 1.29 is 39.0 Å². The van der Waals surface area contributed by atoms with E-state index in [1.165, 1.54) is 0 Å². The first kappa shape index (κ1) is 48.2. The van der Waals surface area contributed by atoms with Gasteiger partial charge in [0.2, 0.25) is 11.8 Å². The fourth-order valence-corrected chi connectivity index (χ4v) is 14.3. The van der Waals surface area contributed by atoms with Crippen LogP contribution in [0.4, 0.5) is 21.1 Å². The number of hydrogen-bond acceptors (Lipinski definition) is 11. The molecule has 0 radical (unpaired) electrons. The average Bonchev–Trinajstić information content (AvgIpc) is 4.06. The minimum absolute atomic E-state index is 0.120. The molecule has 3 aromatic carbocycles. The van der Waals surface area contributed by atoms with E-state index in [-0.39, 0.29) is 24.8 Å². The molecule has 1 aromatic heterocycles. The van der Waals surface area contributed by atoms with E-state index in [0.29, 0.717) is 67.4 Å². The van der Waals surface area contributed by atoms with Gasteiger partial charge in [0.25, 0.3) is 11.8 Å². The predicted octanol–water partition coefficient (Wildman–Crippen LogP) is 5.39. The SMILES string of the molecule is CC1C[C@@H](C2CCCN2[C@@]2(C(=O)NC(=O)O)c3ccc(cc3)C2(C)CC(N)=O)N(c2ccc(-c3ccc(N(C)C)nc3)cc2)[C@]1(C)C1CCCN1[C@@]1(C(=O)NC(=O)O)c2ccc(cc2)C1(C)CC(N)=O. The molecule has 368 valence electrons. The van der Waals surface area contributed by atoms with Crippen LogP contribution >= 0.6 is 0 Å². The molecule has 4 bridgehead atoms. The van der Waals surface area contributed by atoms with Gasteiger partial charge in [0.15, 0.2) is 0 Å². The van der Waals surface area contributed by atoms with Crippen molar-refractivity contribution >= 4 is 47.3 Å². The van der Waals surface area contributed by atoms with Crippen LogP contribution in [-0.4, -0.2) is 112 Å². The highest BCUT2D eigenvalue weighted by molar-refractivity contribution is 6.01. The maximum atomic E-state index is 15.2. The van der Waals surface area contributed by atoms with Crippen LogP contribution in [0.25, 0.3) is 11.1 Å². The number of nitrogens with one attached hydrogen (secondary N) is 2. The van der Waals surface area contributed by atoms with Crippen LogP contribution in [0.3, 0.4) is 0 Å². The van der Waals surface area contributed by atoms with Crippen molar-refractivity contribution in [3.8, 4) is 11.1 Å². The molecule has 7 aliphatic rings. The summed E-state index contributed by atoms with van der Waals surface area (Å²) in [5.41, 5.74) is 10.6. The number of nitrogens with two attached hydrogens (primary N) is 2. The molecule has 6 amide bonds. The molecule has 8 N–H and O–H groups in total. The molecule has 4 heterocycles. The first-order valence-electron chi connectivity index (χ1n) is 24.1. The molecule has 70 heavy (non-hydrogen) atoms. The van der Waals surface area contributed by atoms with Gasteiger partial charge in [-0.1, -0.05) is 81.4 Å². The Hall–Kier alpha value is -6.85. The van der Waals surface area contributed by atoms with E-state index in [4.69, 9.17) is 11.5 Å². The van der Waals surface area contributed by atoms with Crippen molar-refractivity contribution in [1.29, 1.82) is 0 Å². The number of nitrogens with zero attached hydrogens (tertiary/aromatic N) is 5. The third kappa shape index (κ3) is 6.89. The second kappa shape index (κ2) is 17.2. The molecule has 3 aliphatic heterocycles. The summed E-state index contributed by atoms with van der Waals surface area (Å²) in [6.07, 6.45) is 1.49. The zero-order chi connectivity index (χ0) is 50.3. The van der Waals surface area contributed by atoms with Crippen LogP contribution in [0.1, 0.15) is 94.9 Å². The molecular weight excluding hydrogens is 891 g/mol. The van der Waals surface area contributed by atoms with Gasteiger partial charge in [0, 0.05) is 73.3 Å². The Morgan fingerprint density at radius 3 is 1.60 bits per heavy atom. The van der Waals surface area contributed by atoms with Crippen LogP contribution in [0.15, 0.2) is 91.1 Å². The van der Waals surface area contributed by atoms with E-state index in [9.17, 15) is 29.4 Å². The summed E-state index contributed by atoms with van der Waals surface area (Å²) in [7, 11) is 3.87. The summed E-state index contributed by atoms with van der Waals surface area (Å²) in [6.45, 7) is 8.86. The molecule has 4 aromatic rings. The van der Waals surface area contributed by atoms with E-state index < -0.39 is 75.3 Å². The summed E-state index contributed by atoms with van der Waals surface area (Å²) in [4.78, 5) is 94.9. The number of carboxylic acid groups (broad SMARTS) is 2. The lowest BCUT2D eigenvalue weighted by Crippen LogP contribution is -2.74. The number of fused-ring (bicyclic) bond motifs is 6. The van der Waals surface area contributed by atoms with E-state index in [1.807, 2.05) is 99.7 Å². The van der Waals surface area contributed by atoms with Crippen LogP contribution in [0, 0.1) is 5.92 Å². The number of aromatic nitrogens is 1. The van der Waals surface area contributed by atoms with Gasteiger partial charge in [-0.3, -0.25) is 39.6 Å². The largest absolute Gasteiger partial charge is 0.465 e. The number of hydrogen-bond donors (Lipinski definition) is 6. The zero-order valence-corrected chi connectivity index (χ0v) is 40.6. The number of imide groups is 2. The molecular formula is C53H63N9O8. The van der Waals surface area contributed by atoms with E-state index >= 15 is 9.59 Å². The van der Waals surface area contributed by atoms with Gasteiger partial charge in [-0.25, -0.2) is 14.6 Å². The van der Waals surface area contributed by atoms with E-state index in [1.54, 1.807) is 0 Å². The topological polar surface area (TPSA) is 245 Å². The van der Waals surface area contributed by atoms with Gasteiger partial charge >= 0.3 is 12.2 Å². The van der Waals surface area contributed by atoms with Crippen LogP contribution in [0.5, 0.6) is 0 Å². The highest BCUT2D eigenvalue weighted by atomic mass is 16.4. The number of carbonyl (C=O) groups is 6. The number of carbonyl (C=O) groups excluding carboxylic acids is 4. The number of benzene rings is 3. The predicted molar refractivity (Wildman–Crippen MR) is 263 cm³/mol. The Labute approximate surface area is 407 Å². The van der Waals surface area contributed by atoms with Crippen molar-refractivity contribution in [2.75, 3.05) is 37.0 Å². The van der Waals surface area contributed by atoms with Crippen molar-refractivity contribution in [2.45, 2.75) is 118 Å². The van der Waals surface area contributed by atoms with Gasteiger partial charge in [-0.05, 0) is 110 Å². The Morgan fingerprint density at radius 1 is 0.657 bits per heavy atom. The summed E-state index contributed by atoms with van der Waals surface area (Å²) in [5, 5.41) is 24.9. The number of amides is 6. The minimum atomic E-state index is -1.68. The van der Waals surface area contributed by atoms with Crippen LogP contribution in [-0.2, 0) is 41.1 Å². The highest BCUT2D eigenvalue weighted by Gasteiger charge is 2.70. The molecule has 9 atom stereocenters.